The number of nitrogens with zero attached hydrogens (tertiary/aromatic N) is 3. The molecule has 0 spiro atoms. The number of amides is 1. The maximum atomic E-state index is 12.4. The minimum atomic E-state index is -4.22. The number of hydrogen-bond donors (Lipinski definition) is 1. The van der Waals surface area contributed by atoms with E-state index in [1.807, 2.05) is 0 Å². The number of rotatable bonds is 4. The Balaban J connectivity index is 1.89. The van der Waals surface area contributed by atoms with Gasteiger partial charge in [0.05, 0.1) is 19.0 Å². The van der Waals surface area contributed by atoms with E-state index in [4.69, 9.17) is 0 Å². The lowest BCUT2D eigenvalue weighted by molar-refractivity contribution is -0.154. The van der Waals surface area contributed by atoms with Crippen molar-refractivity contribution in [3.63, 3.8) is 0 Å². The van der Waals surface area contributed by atoms with Crippen LogP contribution in [-0.4, -0.2) is 58.5 Å². The van der Waals surface area contributed by atoms with Crippen LogP contribution < -0.4 is 0 Å². The topological polar surface area (TPSA) is 52.2 Å². The van der Waals surface area contributed by atoms with Crippen molar-refractivity contribution in [2.24, 2.45) is 5.92 Å². The zero-order valence-corrected chi connectivity index (χ0v) is 11.9. The van der Waals surface area contributed by atoms with Crippen molar-refractivity contribution in [1.29, 1.82) is 0 Å². The first kappa shape index (κ1) is 15.8. The van der Waals surface area contributed by atoms with Crippen molar-refractivity contribution < 1.29 is 18.0 Å². The Labute approximate surface area is 121 Å². The van der Waals surface area contributed by atoms with Crippen LogP contribution in [0.25, 0.3) is 0 Å². The smallest absolute Gasteiger partial charge is 0.347 e. The fourth-order valence-electron chi connectivity index (χ4n) is 2.65. The first-order valence-corrected chi connectivity index (χ1v) is 6.87. The van der Waals surface area contributed by atoms with Crippen molar-refractivity contribution in [3.05, 3.63) is 18.2 Å². The Morgan fingerprint density at radius 3 is 2.95 bits per heavy atom. The molecule has 2 rings (SSSR count). The quantitative estimate of drug-likeness (QED) is 0.920. The number of hydrogen-bond acceptors (Lipinski definition) is 3. The van der Waals surface area contributed by atoms with Gasteiger partial charge < -0.3 is 9.88 Å². The molecule has 118 valence electrons. The molecule has 0 aliphatic carbocycles. The average molecular weight is 304 g/mol. The molecule has 0 aromatic carbocycles. The van der Waals surface area contributed by atoms with E-state index in [1.165, 1.54) is 9.80 Å². The van der Waals surface area contributed by atoms with Crippen molar-refractivity contribution >= 4 is 5.91 Å². The molecule has 0 bridgehead atoms. The number of aromatic nitrogens is 2. The number of imidazole rings is 1. The Bertz CT molecular complexity index is 460. The molecule has 5 nitrogen and oxygen atoms in total. The van der Waals surface area contributed by atoms with Gasteiger partial charge in [0.25, 0.3) is 0 Å². The van der Waals surface area contributed by atoms with Gasteiger partial charge in [-0.3, -0.25) is 9.69 Å². The highest BCUT2D eigenvalue weighted by atomic mass is 19.4. The predicted molar refractivity (Wildman–Crippen MR) is 70.3 cm³/mol. The number of piperidine rings is 1. The van der Waals surface area contributed by atoms with Crippen molar-refractivity contribution in [2.75, 3.05) is 26.7 Å². The lowest BCUT2D eigenvalue weighted by Gasteiger charge is -2.34. The van der Waals surface area contributed by atoms with E-state index < -0.39 is 12.7 Å². The fraction of sp³-hybridized carbons (Fsp3) is 0.692. The molecule has 1 aliphatic rings. The third-order valence-electron chi connectivity index (χ3n) is 3.58. The van der Waals surface area contributed by atoms with Crippen molar-refractivity contribution in [1.82, 2.24) is 19.8 Å². The molecule has 1 amide bonds. The minimum absolute atomic E-state index is 0.127. The Hall–Kier alpha value is -1.57. The summed E-state index contributed by atoms with van der Waals surface area (Å²) < 4.78 is 37.3. The van der Waals surface area contributed by atoms with Crippen LogP contribution in [0, 0.1) is 5.92 Å². The van der Waals surface area contributed by atoms with Crippen molar-refractivity contribution in [2.45, 2.75) is 25.6 Å². The molecular weight excluding hydrogens is 285 g/mol. The number of carbonyl (C=O) groups excluding carboxylic acids is 1. The molecule has 1 unspecified atom stereocenters. The molecule has 1 saturated heterocycles. The molecule has 1 atom stereocenters. The van der Waals surface area contributed by atoms with Gasteiger partial charge in [-0.25, -0.2) is 4.98 Å². The van der Waals surface area contributed by atoms with Gasteiger partial charge in [-0.2, -0.15) is 13.2 Å². The second-order valence-electron chi connectivity index (χ2n) is 5.42. The molecule has 2 heterocycles. The Morgan fingerprint density at radius 2 is 2.33 bits per heavy atom. The van der Waals surface area contributed by atoms with Crippen LogP contribution in [0.15, 0.2) is 12.4 Å². The highest BCUT2D eigenvalue weighted by molar-refractivity contribution is 5.78. The minimum Gasteiger partial charge on any atom is -0.347 e. The third kappa shape index (κ3) is 4.73. The van der Waals surface area contributed by atoms with Crippen LogP contribution >= 0.6 is 0 Å². The first-order chi connectivity index (χ1) is 9.85. The second-order valence-corrected chi connectivity index (χ2v) is 5.42. The number of aromatic amines is 1. The summed E-state index contributed by atoms with van der Waals surface area (Å²) in [6.45, 7) is -0.0493. The second kappa shape index (κ2) is 6.46. The number of halogens is 3. The molecule has 1 aliphatic heterocycles. The van der Waals surface area contributed by atoms with E-state index in [-0.39, 0.29) is 18.4 Å². The average Bonchev–Trinajstić information content (AvgIpc) is 2.89. The maximum absolute atomic E-state index is 12.4. The Kier molecular flexibility index (Phi) is 4.87. The van der Waals surface area contributed by atoms with Crippen LogP contribution in [0.3, 0.4) is 0 Å². The maximum Gasteiger partial charge on any atom is 0.401 e. The molecule has 0 radical (unpaired) electrons. The molecule has 1 aromatic rings. The normalized spacial score (nSPS) is 20.5. The van der Waals surface area contributed by atoms with Crippen molar-refractivity contribution in [3.8, 4) is 0 Å². The molecule has 1 aromatic heterocycles. The van der Waals surface area contributed by atoms with Gasteiger partial charge in [0.1, 0.15) is 5.82 Å². The van der Waals surface area contributed by atoms with Gasteiger partial charge in [-0.15, -0.1) is 0 Å². The molecule has 8 heteroatoms. The van der Waals surface area contributed by atoms with Crippen LogP contribution in [0.1, 0.15) is 18.7 Å². The van der Waals surface area contributed by atoms with Crippen LogP contribution in [0.4, 0.5) is 13.2 Å². The van der Waals surface area contributed by atoms with E-state index in [0.29, 0.717) is 31.8 Å². The molecule has 0 saturated carbocycles. The summed E-state index contributed by atoms with van der Waals surface area (Å²) in [5.74, 6) is 0.160. The van der Waals surface area contributed by atoms with Gasteiger partial charge in [0, 0.05) is 26.0 Å². The van der Waals surface area contributed by atoms with E-state index in [1.54, 1.807) is 19.4 Å². The van der Waals surface area contributed by atoms with Gasteiger partial charge in [0.15, 0.2) is 0 Å². The lowest BCUT2D eigenvalue weighted by Crippen LogP contribution is -2.46. The molecule has 1 fully saturated rings. The van der Waals surface area contributed by atoms with Crippen LogP contribution in [0.5, 0.6) is 0 Å². The number of alkyl halides is 3. The largest absolute Gasteiger partial charge is 0.401 e. The van der Waals surface area contributed by atoms with E-state index >= 15 is 0 Å². The SMILES string of the molecule is CN(Cc1ncc[nH]1)C(=O)C1CCCN(CC(F)(F)F)C1. The third-order valence-corrected chi connectivity index (χ3v) is 3.58. The number of nitrogens with one attached hydrogen (secondary N) is 1. The summed E-state index contributed by atoms with van der Waals surface area (Å²) in [6.07, 6.45) is 0.292. The van der Waals surface area contributed by atoms with Gasteiger partial charge in [-0.1, -0.05) is 0 Å². The summed E-state index contributed by atoms with van der Waals surface area (Å²) in [7, 11) is 1.65. The first-order valence-electron chi connectivity index (χ1n) is 6.87. The summed E-state index contributed by atoms with van der Waals surface area (Å²) in [5.41, 5.74) is 0. The zero-order chi connectivity index (χ0) is 15.5. The molecule has 21 heavy (non-hydrogen) atoms. The lowest BCUT2D eigenvalue weighted by atomic mass is 9.96. The van der Waals surface area contributed by atoms with E-state index in [2.05, 4.69) is 9.97 Å². The number of H-pyrrole nitrogens is 1. The summed E-state index contributed by atoms with van der Waals surface area (Å²) in [4.78, 5) is 22.1. The summed E-state index contributed by atoms with van der Waals surface area (Å²) in [6, 6.07) is 0. The highest BCUT2D eigenvalue weighted by Crippen LogP contribution is 2.23. The van der Waals surface area contributed by atoms with E-state index in [0.717, 1.165) is 0 Å². The molecular formula is C13H19F3N4O. The predicted octanol–water partition coefficient (Wildman–Crippen LogP) is 1.64. The fourth-order valence-corrected chi connectivity index (χ4v) is 2.65. The van der Waals surface area contributed by atoms with Gasteiger partial charge in [-0.05, 0) is 19.4 Å². The number of likely N-dealkylation sites (tertiary alicyclic amines) is 1. The van der Waals surface area contributed by atoms with Crippen LogP contribution in [0.2, 0.25) is 0 Å². The zero-order valence-electron chi connectivity index (χ0n) is 11.9. The molecule has 1 N–H and O–H groups in total. The van der Waals surface area contributed by atoms with Gasteiger partial charge in [0.2, 0.25) is 5.91 Å². The summed E-state index contributed by atoms with van der Waals surface area (Å²) in [5, 5.41) is 0. The summed E-state index contributed by atoms with van der Waals surface area (Å²) >= 11 is 0. The van der Waals surface area contributed by atoms with Gasteiger partial charge >= 0.3 is 6.18 Å². The van der Waals surface area contributed by atoms with Crippen LogP contribution in [-0.2, 0) is 11.3 Å². The van der Waals surface area contributed by atoms with E-state index in [9.17, 15) is 18.0 Å². The Morgan fingerprint density at radius 1 is 1.57 bits per heavy atom. The standard InChI is InChI=1S/C13H19F3N4O/c1-19(8-11-17-4-5-18-11)12(21)10-3-2-6-20(7-10)9-13(14,15)16/h4-5,10H,2-3,6-9H2,1H3,(H,17,18). The highest BCUT2D eigenvalue weighted by Gasteiger charge is 2.35. The number of carbonyl (C=O) groups is 1. The monoisotopic (exact) mass is 304 g/mol.